The summed E-state index contributed by atoms with van der Waals surface area (Å²) in [6.45, 7) is 2.61. The van der Waals surface area contributed by atoms with Gasteiger partial charge in [0.25, 0.3) is 5.91 Å². The fourth-order valence-electron chi connectivity index (χ4n) is 4.03. The number of hydrogen-bond acceptors (Lipinski definition) is 6. The van der Waals surface area contributed by atoms with Gasteiger partial charge in [-0.2, -0.15) is 5.10 Å². The molecular formula is C23H28N6O2. The van der Waals surface area contributed by atoms with E-state index >= 15 is 0 Å². The number of likely N-dealkylation sites (tertiary alicyclic amines) is 1. The molecule has 1 amide bonds. The van der Waals surface area contributed by atoms with Gasteiger partial charge in [0, 0.05) is 45.1 Å². The number of carbonyl (C=O) groups excluding carboxylic acids is 1. The Hall–Kier alpha value is -3.42. The van der Waals surface area contributed by atoms with Crippen LogP contribution in [0, 0.1) is 6.92 Å². The third-order valence-electron chi connectivity index (χ3n) is 5.88. The molecule has 0 spiro atoms. The van der Waals surface area contributed by atoms with Crippen LogP contribution >= 0.6 is 0 Å². The summed E-state index contributed by atoms with van der Waals surface area (Å²) in [5.41, 5.74) is 4.24. The zero-order chi connectivity index (χ0) is 22.1. The smallest absolute Gasteiger partial charge is 0.257 e. The molecular weight excluding hydrogens is 392 g/mol. The van der Waals surface area contributed by atoms with Crippen LogP contribution in [0.4, 0.5) is 5.95 Å². The van der Waals surface area contributed by atoms with Crippen molar-refractivity contribution in [2.24, 2.45) is 7.05 Å². The molecule has 2 aromatic heterocycles. The summed E-state index contributed by atoms with van der Waals surface area (Å²) in [5.74, 6) is 1.39. The number of aromatic nitrogens is 4. The summed E-state index contributed by atoms with van der Waals surface area (Å²) in [4.78, 5) is 26.7. The average molecular weight is 421 g/mol. The fraction of sp³-hybridized carbons (Fsp3) is 0.391. The highest BCUT2D eigenvalue weighted by Gasteiger charge is 2.35. The maximum Gasteiger partial charge on any atom is 0.257 e. The van der Waals surface area contributed by atoms with Crippen LogP contribution in [-0.2, 0) is 7.05 Å². The second kappa shape index (κ2) is 8.37. The van der Waals surface area contributed by atoms with Crippen LogP contribution in [0.15, 0.2) is 36.7 Å². The van der Waals surface area contributed by atoms with Crippen molar-refractivity contribution in [1.29, 1.82) is 0 Å². The van der Waals surface area contributed by atoms with Gasteiger partial charge in [-0.3, -0.25) is 9.48 Å². The van der Waals surface area contributed by atoms with E-state index in [4.69, 9.17) is 9.72 Å². The highest BCUT2D eigenvalue weighted by molar-refractivity contribution is 5.95. The van der Waals surface area contributed by atoms with Crippen LogP contribution < -0.4 is 9.64 Å². The Balaban J connectivity index is 1.80. The topological polar surface area (TPSA) is 76.4 Å². The quantitative estimate of drug-likeness (QED) is 0.631. The number of hydrogen-bond donors (Lipinski definition) is 0. The molecule has 0 unspecified atom stereocenters. The lowest BCUT2D eigenvalue weighted by Crippen LogP contribution is -2.32. The van der Waals surface area contributed by atoms with Gasteiger partial charge in [0.05, 0.1) is 30.6 Å². The number of ether oxygens (including phenoxy) is 1. The molecule has 0 aliphatic carbocycles. The highest BCUT2D eigenvalue weighted by Crippen LogP contribution is 2.38. The van der Waals surface area contributed by atoms with Gasteiger partial charge in [0.2, 0.25) is 5.95 Å². The maximum atomic E-state index is 13.4. The van der Waals surface area contributed by atoms with Gasteiger partial charge in [0.15, 0.2) is 0 Å². The van der Waals surface area contributed by atoms with Gasteiger partial charge in [-0.1, -0.05) is 12.1 Å². The molecule has 1 aromatic carbocycles. The van der Waals surface area contributed by atoms with E-state index in [0.29, 0.717) is 18.1 Å². The number of benzene rings is 1. The van der Waals surface area contributed by atoms with Crippen molar-refractivity contribution in [1.82, 2.24) is 24.6 Å². The third-order valence-corrected chi connectivity index (χ3v) is 5.88. The van der Waals surface area contributed by atoms with E-state index in [1.165, 1.54) is 0 Å². The number of carbonyl (C=O) groups is 1. The van der Waals surface area contributed by atoms with Crippen molar-refractivity contribution in [3.05, 3.63) is 53.6 Å². The Morgan fingerprint density at radius 1 is 1.26 bits per heavy atom. The standard InChI is InChI=1S/C23H28N6O2/c1-15-18(14-25-28(15)4)22(30)29-11-7-10-20(29)21-19(13-24-23(26-21)27(2)3)16-8-6-9-17(12-16)31-5/h6,8-9,12-14,20H,7,10-11H2,1-5H3/t20-/m1/s1. The molecule has 8 heteroatoms. The normalized spacial score (nSPS) is 15.9. The molecule has 162 valence electrons. The van der Waals surface area contributed by atoms with Crippen LogP contribution in [0.5, 0.6) is 5.75 Å². The predicted molar refractivity (Wildman–Crippen MR) is 119 cm³/mol. The summed E-state index contributed by atoms with van der Waals surface area (Å²) in [6.07, 6.45) is 5.28. The van der Waals surface area contributed by atoms with Crippen LogP contribution in [0.1, 0.15) is 40.6 Å². The average Bonchev–Trinajstić information content (AvgIpc) is 3.40. The molecule has 3 heterocycles. The first-order valence-corrected chi connectivity index (χ1v) is 10.4. The molecule has 1 fully saturated rings. The minimum Gasteiger partial charge on any atom is -0.497 e. The maximum absolute atomic E-state index is 13.4. The number of anilines is 1. The minimum absolute atomic E-state index is 0.00490. The third kappa shape index (κ3) is 3.85. The SMILES string of the molecule is COc1cccc(-c2cnc(N(C)C)nc2[C@H]2CCCN2C(=O)c2cnn(C)c2C)c1. The van der Waals surface area contributed by atoms with Gasteiger partial charge < -0.3 is 14.5 Å². The fourth-order valence-corrected chi connectivity index (χ4v) is 4.03. The van der Waals surface area contributed by atoms with Gasteiger partial charge in [-0.05, 0) is 37.5 Å². The number of methoxy groups -OCH3 is 1. The second-order valence-electron chi connectivity index (χ2n) is 8.02. The molecule has 1 saturated heterocycles. The van der Waals surface area contributed by atoms with Crippen LogP contribution in [0.2, 0.25) is 0 Å². The molecule has 1 aliphatic heterocycles. The van der Waals surface area contributed by atoms with Crippen molar-refractivity contribution >= 4 is 11.9 Å². The van der Waals surface area contributed by atoms with Crippen molar-refractivity contribution in [2.75, 3.05) is 32.6 Å². The molecule has 0 bridgehead atoms. The van der Waals surface area contributed by atoms with E-state index < -0.39 is 0 Å². The molecule has 0 saturated carbocycles. The lowest BCUT2D eigenvalue weighted by atomic mass is 9.99. The van der Waals surface area contributed by atoms with Crippen molar-refractivity contribution in [3.63, 3.8) is 0 Å². The van der Waals surface area contributed by atoms with E-state index in [1.54, 1.807) is 18.0 Å². The van der Waals surface area contributed by atoms with Gasteiger partial charge in [0.1, 0.15) is 5.75 Å². The summed E-state index contributed by atoms with van der Waals surface area (Å²) >= 11 is 0. The van der Waals surface area contributed by atoms with Crippen LogP contribution in [-0.4, -0.2) is 58.3 Å². The lowest BCUT2D eigenvalue weighted by molar-refractivity contribution is 0.0732. The summed E-state index contributed by atoms with van der Waals surface area (Å²) in [5, 5.41) is 4.25. The molecule has 8 nitrogen and oxygen atoms in total. The summed E-state index contributed by atoms with van der Waals surface area (Å²) in [7, 11) is 7.34. The monoisotopic (exact) mass is 420 g/mol. The highest BCUT2D eigenvalue weighted by atomic mass is 16.5. The summed E-state index contributed by atoms with van der Waals surface area (Å²) in [6, 6.07) is 7.73. The van der Waals surface area contributed by atoms with Crippen molar-refractivity contribution in [2.45, 2.75) is 25.8 Å². The first-order chi connectivity index (χ1) is 14.9. The lowest BCUT2D eigenvalue weighted by Gasteiger charge is -2.27. The van der Waals surface area contributed by atoms with E-state index in [-0.39, 0.29) is 11.9 Å². The largest absolute Gasteiger partial charge is 0.497 e. The van der Waals surface area contributed by atoms with Gasteiger partial charge >= 0.3 is 0 Å². The molecule has 3 aromatic rings. The number of rotatable bonds is 5. The van der Waals surface area contributed by atoms with E-state index in [1.807, 2.05) is 68.3 Å². The van der Waals surface area contributed by atoms with E-state index in [0.717, 1.165) is 41.1 Å². The Morgan fingerprint density at radius 3 is 2.74 bits per heavy atom. The second-order valence-corrected chi connectivity index (χ2v) is 8.02. The zero-order valence-corrected chi connectivity index (χ0v) is 18.7. The Morgan fingerprint density at radius 2 is 2.06 bits per heavy atom. The van der Waals surface area contributed by atoms with E-state index in [2.05, 4.69) is 10.1 Å². The molecule has 31 heavy (non-hydrogen) atoms. The van der Waals surface area contributed by atoms with Crippen molar-refractivity contribution in [3.8, 4) is 16.9 Å². The van der Waals surface area contributed by atoms with Crippen molar-refractivity contribution < 1.29 is 9.53 Å². The molecule has 1 aliphatic rings. The first kappa shape index (κ1) is 20.8. The van der Waals surface area contributed by atoms with Crippen LogP contribution in [0.3, 0.4) is 0 Å². The summed E-state index contributed by atoms with van der Waals surface area (Å²) < 4.78 is 7.14. The zero-order valence-electron chi connectivity index (χ0n) is 18.7. The Bertz CT molecular complexity index is 1110. The first-order valence-electron chi connectivity index (χ1n) is 10.4. The Kier molecular flexibility index (Phi) is 5.63. The molecule has 1 atom stereocenters. The number of nitrogens with zero attached hydrogens (tertiary/aromatic N) is 6. The predicted octanol–water partition coefficient (Wildman–Crippen LogP) is 3.24. The minimum atomic E-state index is -0.130. The molecule has 0 N–H and O–H groups in total. The number of aryl methyl sites for hydroxylation is 1. The molecule has 0 radical (unpaired) electrons. The van der Waals surface area contributed by atoms with Gasteiger partial charge in [-0.25, -0.2) is 9.97 Å². The molecule has 4 rings (SSSR count). The van der Waals surface area contributed by atoms with Crippen LogP contribution in [0.25, 0.3) is 11.1 Å². The van der Waals surface area contributed by atoms with Gasteiger partial charge in [-0.15, -0.1) is 0 Å². The Labute approximate surface area is 182 Å². The number of amides is 1. The van der Waals surface area contributed by atoms with E-state index in [9.17, 15) is 4.79 Å².